The fraction of sp³-hybridized carbons (Fsp3) is 0.533. The van der Waals surface area contributed by atoms with Gasteiger partial charge in [-0.15, -0.1) is 0 Å². The summed E-state index contributed by atoms with van der Waals surface area (Å²) in [5.41, 5.74) is 1.13. The zero-order valence-electron chi connectivity index (χ0n) is 11.8. The summed E-state index contributed by atoms with van der Waals surface area (Å²) in [5, 5.41) is 21.2. The second-order valence-electron chi connectivity index (χ2n) is 4.94. The van der Waals surface area contributed by atoms with Crippen LogP contribution in [0.2, 0.25) is 0 Å². The van der Waals surface area contributed by atoms with Crippen molar-refractivity contribution in [2.45, 2.75) is 32.9 Å². The molecule has 1 aromatic rings. The van der Waals surface area contributed by atoms with Crippen molar-refractivity contribution in [3.8, 4) is 11.8 Å². The highest BCUT2D eigenvalue weighted by molar-refractivity contribution is 5.29. The molecular formula is C15H22N2O2. The van der Waals surface area contributed by atoms with Gasteiger partial charge >= 0.3 is 0 Å². The van der Waals surface area contributed by atoms with Gasteiger partial charge in [-0.05, 0) is 30.5 Å². The van der Waals surface area contributed by atoms with E-state index in [1.807, 2.05) is 30.3 Å². The molecule has 0 bridgehead atoms. The van der Waals surface area contributed by atoms with E-state index >= 15 is 0 Å². The minimum atomic E-state index is 0.0626. The van der Waals surface area contributed by atoms with Crippen LogP contribution in [0.25, 0.3) is 0 Å². The molecule has 0 aliphatic heterocycles. The molecule has 4 nitrogen and oxygen atoms in total. The Hall–Kier alpha value is -1.57. The third-order valence-electron chi connectivity index (χ3n) is 3.15. The Balaban J connectivity index is 2.62. The molecule has 0 amide bonds. The maximum Gasteiger partial charge on any atom is 0.174 e. The van der Waals surface area contributed by atoms with Crippen molar-refractivity contribution in [3.05, 3.63) is 29.8 Å². The second-order valence-corrected chi connectivity index (χ2v) is 4.94. The van der Waals surface area contributed by atoms with Crippen molar-refractivity contribution < 1.29 is 9.84 Å². The fourth-order valence-corrected chi connectivity index (χ4v) is 1.84. The molecule has 2 N–H and O–H groups in total. The van der Waals surface area contributed by atoms with Crippen LogP contribution >= 0.6 is 0 Å². The third-order valence-corrected chi connectivity index (χ3v) is 3.15. The molecule has 1 aromatic carbocycles. The molecule has 0 fully saturated rings. The van der Waals surface area contributed by atoms with Crippen molar-refractivity contribution in [1.29, 1.82) is 5.26 Å². The molecule has 0 radical (unpaired) electrons. The van der Waals surface area contributed by atoms with Crippen LogP contribution in [0.1, 0.15) is 32.4 Å². The van der Waals surface area contributed by atoms with E-state index in [-0.39, 0.29) is 25.3 Å². The van der Waals surface area contributed by atoms with Crippen molar-refractivity contribution in [2.75, 3.05) is 13.2 Å². The number of nitrogens with one attached hydrogen (secondary N) is 1. The first kappa shape index (κ1) is 15.5. The van der Waals surface area contributed by atoms with E-state index in [0.29, 0.717) is 11.7 Å². The monoisotopic (exact) mass is 262 g/mol. The van der Waals surface area contributed by atoms with E-state index in [9.17, 15) is 5.11 Å². The Bertz CT molecular complexity index is 409. The van der Waals surface area contributed by atoms with Crippen LogP contribution in [0.5, 0.6) is 5.75 Å². The minimum Gasteiger partial charge on any atom is -0.479 e. The number of benzene rings is 1. The molecule has 4 heteroatoms. The van der Waals surface area contributed by atoms with Gasteiger partial charge in [0, 0.05) is 12.1 Å². The lowest BCUT2D eigenvalue weighted by Gasteiger charge is -2.25. The Morgan fingerprint density at radius 1 is 1.26 bits per heavy atom. The zero-order chi connectivity index (χ0) is 14.3. The van der Waals surface area contributed by atoms with E-state index in [1.54, 1.807) is 0 Å². The summed E-state index contributed by atoms with van der Waals surface area (Å²) in [6, 6.07) is 9.84. The van der Waals surface area contributed by atoms with Gasteiger partial charge in [-0.1, -0.05) is 26.0 Å². The first-order valence-corrected chi connectivity index (χ1v) is 6.55. The fourth-order valence-electron chi connectivity index (χ4n) is 1.84. The number of rotatable bonds is 7. The molecule has 0 saturated carbocycles. The van der Waals surface area contributed by atoms with E-state index in [1.165, 1.54) is 0 Å². The average molecular weight is 262 g/mol. The van der Waals surface area contributed by atoms with Gasteiger partial charge in [0.15, 0.2) is 6.61 Å². The number of hydrogen-bond donors (Lipinski definition) is 2. The summed E-state index contributed by atoms with van der Waals surface area (Å²) >= 11 is 0. The van der Waals surface area contributed by atoms with Crippen LogP contribution in [0.3, 0.4) is 0 Å². The summed E-state index contributed by atoms with van der Waals surface area (Å²) in [6.45, 7) is 6.42. The Labute approximate surface area is 115 Å². The van der Waals surface area contributed by atoms with Crippen molar-refractivity contribution in [1.82, 2.24) is 5.32 Å². The predicted octanol–water partition coefficient (Wildman–Crippen LogP) is 2.26. The van der Waals surface area contributed by atoms with Crippen LogP contribution in [0.15, 0.2) is 24.3 Å². The molecule has 0 aliphatic rings. The molecule has 0 spiro atoms. The lowest BCUT2D eigenvalue weighted by atomic mass is 10.0. The molecule has 0 heterocycles. The average Bonchev–Trinajstić information content (AvgIpc) is 2.42. The summed E-state index contributed by atoms with van der Waals surface area (Å²) in [6.07, 6.45) is 0. The Morgan fingerprint density at radius 3 is 2.37 bits per heavy atom. The van der Waals surface area contributed by atoms with Gasteiger partial charge in [0.05, 0.1) is 6.61 Å². The van der Waals surface area contributed by atoms with Crippen LogP contribution in [-0.4, -0.2) is 24.4 Å². The van der Waals surface area contributed by atoms with Crippen LogP contribution in [0, 0.1) is 17.2 Å². The Kier molecular flexibility index (Phi) is 6.34. The lowest BCUT2D eigenvalue weighted by Crippen LogP contribution is -2.38. The highest BCUT2D eigenvalue weighted by atomic mass is 16.5. The maximum absolute atomic E-state index is 9.32. The maximum atomic E-state index is 9.32. The number of ether oxygens (including phenoxy) is 1. The third kappa shape index (κ3) is 4.90. The largest absolute Gasteiger partial charge is 0.479 e. The standard InChI is InChI=1S/C15H22N2O2/c1-11(2)15(10-18)17-12(3)13-4-6-14(7-5-13)19-9-8-16/h4-7,11-12,15,17-18H,9-10H2,1-3H3. The van der Waals surface area contributed by atoms with Gasteiger partial charge in [-0.3, -0.25) is 0 Å². The van der Waals surface area contributed by atoms with E-state index in [4.69, 9.17) is 10.00 Å². The first-order valence-electron chi connectivity index (χ1n) is 6.55. The molecule has 1 rings (SSSR count). The SMILES string of the molecule is CC(NC(CO)C(C)C)c1ccc(OCC#N)cc1. The quantitative estimate of drug-likeness (QED) is 0.791. The highest BCUT2D eigenvalue weighted by Gasteiger charge is 2.15. The molecule has 0 aromatic heterocycles. The molecule has 2 unspecified atom stereocenters. The lowest BCUT2D eigenvalue weighted by molar-refractivity contribution is 0.201. The minimum absolute atomic E-state index is 0.0626. The first-order chi connectivity index (χ1) is 9.08. The normalized spacial score (nSPS) is 13.9. The molecule has 2 atom stereocenters. The van der Waals surface area contributed by atoms with Crippen LogP contribution in [-0.2, 0) is 0 Å². The summed E-state index contributed by atoms with van der Waals surface area (Å²) < 4.78 is 5.21. The number of hydrogen-bond acceptors (Lipinski definition) is 4. The van der Waals surface area contributed by atoms with Gasteiger partial charge in [0.1, 0.15) is 11.8 Å². The van der Waals surface area contributed by atoms with Gasteiger partial charge in [0.2, 0.25) is 0 Å². The van der Waals surface area contributed by atoms with Gasteiger partial charge in [-0.25, -0.2) is 0 Å². The topological polar surface area (TPSA) is 65.3 Å². The van der Waals surface area contributed by atoms with E-state index < -0.39 is 0 Å². The van der Waals surface area contributed by atoms with Crippen molar-refractivity contribution in [2.24, 2.45) is 5.92 Å². The van der Waals surface area contributed by atoms with Gasteiger partial charge in [0.25, 0.3) is 0 Å². The smallest absolute Gasteiger partial charge is 0.174 e. The van der Waals surface area contributed by atoms with Gasteiger partial charge in [-0.2, -0.15) is 5.26 Å². The molecule has 0 aliphatic carbocycles. The number of nitrogens with zero attached hydrogens (tertiary/aromatic N) is 1. The number of aliphatic hydroxyl groups is 1. The molecule has 104 valence electrons. The Morgan fingerprint density at radius 2 is 1.89 bits per heavy atom. The van der Waals surface area contributed by atoms with Crippen LogP contribution < -0.4 is 10.1 Å². The summed E-state index contributed by atoms with van der Waals surface area (Å²) in [4.78, 5) is 0. The zero-order valence-corrected chi connectivity index (χ0v) is 11.8. The highest BCUT2D eigenvalue weighted by Crippen LogP contribution is 2.19. The van der Waals surface area contributed by atoms with Crippen LogP contribution in [0.4, 0.5) is 0 Å². The van der Waals surface area contributed by atoms with Gasteiger partial charge < -0.3 is 15.2 Å². The van der Waals surface area contributed by atoms with E-state index in [2.05, 4.69) is 26.1 Å². The number of nitriles is 1. The molecule has 19 heavy (non-hydrogen) atoms. The van der Waals surface area contributed by atoms with Crippen molar-refractivity contribution >= 4 is 0 Å². The second kappa shape index (κ2) is 7.78. The summed E-state index contributed by atoms with van der Waals surface area (Å²) in [7, 11) is 0. The predicted molar refractivity (Wildman–Crippen MR) is 74.8 cm³/mol. The summed E-state index contributed by atoms with van der Waals surface area (Å²) in [5.74, 6) is 1.07. The van der Waals surface area contributed by atoms with E-state index in [0.717, 1.165) is 5.56 Å². The number of aliphatic hydroxyl groups excluding tert-OH is 1. The molecular weight excluding hydrogens is 240 g/mol. The van der Waals surface area contributed by atoms with Crippen molar-refractivity contribution in [3.63, 3.8) is 0 Å². The molecule has 0 saturated heterocycles.